The molecule has 0 bridgehead atoms. The highest BCUT2D eigenvalue weighted by Gasteiger charge is 2.23. The lowest BCUT2D eigenvalue weighted by molar-refractivity contribution is -0.137. The maximum atomic E-state index is 11.8. The van der Waals surface area contributed by atoms with Crippen molar-refractivity contribution in [1.82, 2.24) is 9.03 Å². The molecule has 0 heterocycles. The van der Waals surface area contributed by atoms with Crippen molar-refractivity contribution in [3.05, 3.63) is 35.4 Å². The molecule has 1 aromatic rings. The second-order valence-corrected chi connectivity index (χ2v) is 6.38. The number of carbonyl (C=O) groups is 1. The molecule has 0 saturated carbocycles. The van der Waals surface area contributed by atoms with Crippen LogP contribution in [-0.4, -0.2) is 37.9 Å². The molecule has 0 aromatic heterocycles. The summed E-state index contributed by atoms with van der Waals surface area (Å²) in [7, 11) is -0.913. The van der Waals surface area contributed by atoms with Gasteiger partial charge >= 0.3 is 5.97 Å². The van der Waals surface area contributed by atoms with Crippen LogP contribution in [0.2, 0.25) is 0 Å². The topological polar surface area (TPSA) is 86.7 Å². The molecule has 106 valence electrons. The summed E-state index contributed by atoms with van der Waals surface area (Å²) >= 11 is 0. The van der Waals surface area contributed by atoms with Crippen molar-refractivity contribution in [2.45, 2.75) is 19.4 Å². The quantitative estimate of drug-likeness (QED) is 0.813. The summed E-state index contributed by atoms with van der Waals surface area (Å²) in [5.41, 5.74) is 1.65. The molecule has 0 spiro atoms. The Bertz CT molecular complexity index is 537. The average Bonchev–Trinajstić information content (AvgIpc) is 2.27. The van der Waals surface area contributed by atoms with Crippen LogP contribution in [0.4, 0.5) is 0 Å². The Balaban J connectivity index is 3.02. The summed E-state index contributed by atoms with van der Waals surface area (Å²) in [6.07, 6.45) is -0.309. The molecule has 6 nitrogen and oxygen atoms in total. The van der Waals surface area contributed by atoms with Crippen LogP contribution in [0.5, 0.6) is 0 Å². The van der Waals surface area contributed by atoms with Crippen molar-refractivity contribution in [2.75, 3.05) is 14.1 Å². The predicted octanol–water partition coefficient (Wildman–Crippen LogP) is 0.907. The van der Waals surface area contributed by atoms with Gasteiger partial charge in [0.15, 0.2) is 0 Å². The number of nitrogens with zero attached hydrogens (tertiary/aromatic N) is 1. The maximum absolute atomic E-state index is 11.8. The lowest BCUT2D eigenvalue weighted by Gasteiger charge is -2.20. The fourth-order valence-electron chi connectivity index (χ4n) is 1.49. The molecule has 19 heavy (non-hydrogen) atoms. The van der Waals surface area contributed by atoms with E-state index < -0.39 is 22.2 Å². The maximum Gasteiger partial charge on any atom is 0.305 e. The Morgan fingerprint density at radius 2 is 1.84 bits per heavy atom. The highest BCUT2D eigenvalue weighted by Crippen LogP contribution is 2.19. The molecule has 7 heteroatoms. The first-order chi connectivity index (χ1) is 8.72. The lowest BCUT2D eigenvalue weighted by atomic mass is 10.0. The van der Waals surface area contributed by atoms with Gasteiger partial charge in [-0.1, -0.05) is 29.8 Å². The van der Waals surface area contributed by atoms with Crippen molar-refractivity contribution in [3.63, 3.8) is 0 Å². The monoisotopic (exact) mass is 286 g/mol. The molecule has 1 aromatic carbocycles. The van der Waals surface area contributed by atoms with Crippen LogP contribution >= 0.6 is 0 Å². The van der Waals surface area contributed by atoms with Crippen LogP contribution in [0.3, 0.4) is 0 Å². The first-order valence-corrected chi connectivity index (χ1v) is 7.14. The minimum atomic E-state index is -3.68. The summed E-state index contributed by atoms with van der Waals surface area (Å²) in [5.74, 6) is -1.06. The zero-order valence-electron chi connectivity index (χ0n) is 11.1. The Labute approximate surface area is 113 Å². The highest BCUT2D eigenvalue weighted by atomic mass is 32.2. The predicted molar refractivity (Wildman–Crippen MR) is 71.9 cm³/mol. The minimum Gasteiger partial charge on any atom is -0.481 e. The highest BCUT2D eigenvalue weighted by molar-refractivity contribution is 7.87. The van der Waals surface area contributed by atoms with Crippen molar-refractivity contribution < 1.29 is 18.3 Å². The zero-order chi connectivity index (χ0) is 14.6. The van der Waals surface area contributed by atoms with Gasteiger partial charge in [0.05, 0.1) is 12.5 Å². The van der Waals surface area contributed by atoms with Gasteiger partial charge in [0.2, 0.25) is 0 Å². The van der Waals surface area contributed by atoms with Gasteiger partial charge in [-0.05, 0) is 12.5 Å². The van der Waals surface area contributed by atoms with Crippen LogP contribution in [-0.2, 0) is 15.0 Å². The summed E-state index contributed by atoms with van der Waals surface area (Å²) in [4.78, 5) is 10.9. The standard InChI is InChI=1S/C12H18N2O4S/c1-9-4-6-10(7-5-9)11(8-12(15)16)13-19(17,18)14(2)3/h4-7,11,13H,8H2,1-3H3,(H,15,16)/t11-/m1/s1. The van der Waals surface area contributed by atoms with Gasteiger partial charge in [-0.2, -0.15) is 17.4 Å². The van der Waals surface area contributed by atoms with Gasteiger partial charge in [0, 0.05) is 14.1 Å². The summed E-state index contributed by atoms with van der Waals surface area (Å²) in [5, 5.41) is 8.89. The largest absolute Gasteiger partial charge is 0.481 e. The molecule has 0 amide bonds. The smallest absolute Gasteiger partial charge is 0.305 e. The van der Waals surface area contributed by atoms with Crippen LogP contribution in [0.15, 0.2) is 24.3 Å². The molecule has 0 aliphatic carbocycles. The van der Waals surface area contributed by atoms with E-state index in [4.69, 9.17) is 5.11 Å². The first-order valence-electron chi connectivity index (χ1n) is 5.70. The molecule has 1 atom stereocenters. The molecule has 1 rings (SSSR count). The van der Waals surface area contributed by atoms with E-state index in [1.165, 1.54) is 14.1 Å². The van der Waals surface area contributed by atoms with Crippen molar-refractivity contribution in [3.8, 4) is 0 Å². The van der Waals surface area contributed by atoms with Crippen LogP contribution in [0.25, 0.3) is 0 Å². The van der Waals surface area contributed by atoms with Gasteiger partial charge in [0.25, 0.3) is 10.2 Å². The van der Waals surface area contributed by atoms with Crippen LogP contribution in [0.1, 0.15) is 23.6 Å². The van der Waals surface area contributed by atoms with Gasteiger partial charge in [-0.15, -0.1) is 0 Å². The number of carboxylic acids is 1. The summed E-state index contributed by atoms with van der Waals surface area (Å²) in [6.45, 7) is 1.90. The first kappa shape index (κ1) is 15.6. The molecule has 0 aliphatic heterocycles. The molecule has 0 radical (unpaired) electrons. The second kappa shape index (κ2) is 6.14. The fourth-order valence-corrected chi connectivity index (χ4v) is 2.28. The second-order valence-electron chi connectivity index (χ2n) is 4.47. The van der Waals surface area contributed by atoms with Gasteiger partial charge in [-0.3, -0.25) is 4.79 Å². The van der Waals surface area contributed by atoms with Gasteiger partial charge < -0.3 is 5.11 Å². The van der Waals surface area contributed by atoms with E-state index in [9.17, 15) is 13.2 Å². The Morgan fingerprint density at radius 3 is 2.26 bits per heavy atom. The fraction of sp³-hybridized carbons (Fsp3) is 0.417. The van der Waals surface area contributed by atoms with Crippen molar-refractivity contribution >= 4 is 16.2 Å². The summed E-state index contributed by atoms with van der Waals surface area (Å²) < 4.78 is 27.0. The third-order valence-electron chi connectivity index (χ3n) is 2.63. The number of aliphatic carboxylic acids is 1. The minimum absolute atomic E-state index is 0.309. The van der Waals surface area contributed by atoms with E-state index in [-0.39, 0.29) is 6.42 Å². The van der Waals surface area contributed by atoms with Crippen molar-refractivity contribution in [1.29, 1.82) is 0 Å². The van der Waals surface area contributed by atoms with E-state index in [0.29, 0.717) is 5.56 Å². The third kappa shape index (κ3) is 4.62. The van der Waals surface area contributed by atoms with E-state index >= 15 is 0 Å². The van der Waals surface area contributed by atoms with Gasteiger partial charge in [-0.25, -0.2) is 0 Å². The molecule has 0 aliphatic rings. The SMILES string of the molecule is Cc1ccc([C@@H](CC(=O)O)NS(=O)(=O)N(C)C)cc1. The van der Waals surface area contributed by atoms with E-state index in [1.54, 1.807) is 12.1 Å². The Kier molecular flexibility index (Phi) is 5.04. The van der Waals surface area contributed by atoms with Crippen LogP contribution in [0, 0.1) is 6.92 Å². The van der Waals surface area contributed by atoms with E-state index in [2.05, 4.69) is 4.72 Å². The van der Waals surface area contributed by atoms with E-state index in [0.717, 1.165) is 9.87 Å². The van der Waals surface area contributed by atoms with Crippen molar-refractivity contribution in [2.24, 2.45) is 0 Å². The Hall–Kier alpha value is -1.44. The third-order valence-corrected chi connectivity index (χ3v) is 4.17. The molecule has 2 N–H and O–H groups in total. The lowest BCUT2D eigenvalue weighted by Crippen LogP contribution is -2.38. The zero-order valence-corrected chi connectivity index (χ0v) is 11.9. The Morgan fingerprint density at radius 1 is 1.32 bits per heavy atom. The number of nitrogens with one attached hydrogen (secondary N) is 1. The molecular formula is C12H18N2O4S. The number of carboxylic acid groups (broad SMARTS) is 1. The number of benzene rings is 1. The number of hydrogen-bond donors (Lipinski definition) is 2. The van der Waals surface area contributed by atoms with Gasteiger partial charge in [0.1, 0.15) is 0 Å². The molecule has 0 unspecified atom stereocenters. The molecule has 0 fully saturated rings. The molecular weight excluding hydrogens is 268 g/mol. The summed E-state index contributed by atoms with van der Waals surface area (Å²) in [6, 6.07) is 6.29. The van der Waals surface area contributed by atoms with E-state index in [1.807, 2.05) is 19.1 Å². The number of aryl methyl sites for hydroxylation is 1. The normalized spacial score (nSPS) is 13.5. The average molecular weight is 286 g/mol. The number of rotatable bonds is 6. The molecule has 0 saturated heterocycles. The number of hydrogen-bond acceptors (Lipinski definition) is 3. The van der Waals surface area contributed by atoms with Crippen LogP contribution < -0.4 is 4.72 Å².